The number of rotatable bonds is 9. The van der Waals surface area contributed by atoms with Gasteiger partial charge in [-0.1, -0.05) is 25.7 Å². The maximum absolute atomic E-state index is 15.2. The second kappa shape index (κ2) is 9.44. The quantitative estimate of drug-likeness (QED) is 0.219. The van der Waals surface area contributed by atoms with Crippen LogP contribution in [0.25, 0.3) is 0 Å². The van der Waals surface area contributed by atoms with Crippen LogP contribution in [-0.4, -0.2) is 63.4 Å². The lowest BCUT2D eigenvalue weighted by Gasteiger charge is -2.23. The van der Waals surface area contributed by atoms with Gasteiger partial charge in [-0.3, -0.25) is 14.8 Å². The number of hydrogen-bond acceptors (Lipinski definition) is 7. The fourth-order valence-electron chi connectivity index (χ4n) is 5.04. The van der Waals surface area contributed by atoms with Gasteiger partial charge in [-0.2, -0.15) is 4.98 Å². The monoisotopic (exact) mass is 469 g/mol. The number of aliphatic hydroxyl groups is 1. The van der Waals surface area contributed by atoms with Crippen LogP contribution in [0.3, 0.4) is 0 Å². The number of carbonyl (C=O) groups is 2. The minimum atomic E-state index is -0.677. The van der Waals surface area contributed by atoms with Crippen molar-refractivity contribution < 1.29 is 24.3 Å². The third-order valence-electron chi connectivity index (χ3n) is 7.10. The maximum atomic E-state index is 15.2. The van der Waals surface area contributed by atoms with Crippen LogP contribution in [0.1, 0.15) is 50.6 Å². The molecule has 2 heterocycles. The van der Waals surface area contributed by atoms with Crippen LogP contribution in [0.2, 0.25) is 5.28 Å². The summed E-state index contributed by atoms with van der Waals surface area (Å²) in [6.07, 6.45) is 6.32. The van der Waals surface area contributed by atoms with Crippen molar-refractivity contribution >= 4 is 29.7 Å². The first-order valence-corrected chi connectivity index (χ1v) is 11.5. The summed E-state index contributed by atoms with van der Waals surface area (Å²) in [6.45, 7) is 0.455. The number of hydrogen-bond donors (Lipinski definition) is 3. The van der Waals surface area contributed by atoms with Crippen LogP contribution < -0.4 is 10.2 Å². The third-order valence-corrected chi connectivity index (χ3v) is 7.26. The molecule has 4 rings (SSSR count). The number of nitrogens with one attached hydrogen (secondary N) is 1. The summed E-state index contributed by atoms with van der Waals surface area (Å²) in [6, 6.07) is 0. The summed E-state index contributed by atoms with van der Waals surface area (Å²) < 4.78 is 15.2. The fraction of sp³-hybridized carbons (Fsp3) is 0.714. The summed E-state index contributed by atoms with van der Waals surface area (Å²) in [5.41, 5.74) is -0.226. The number of anilines is 1. The van der Waals surface area contributed by atoms with Gasteiger partial charge in [0, 0.05) is 18.5 Å². The van der Waals surface area contributed by atoms with E-state index in [0.717, 1.165) is 38.5 Å². The minimum absolute atomic E-state index is 0.0297. The number of halogens is 2. The molecule has 2 saturated carbocycles. The second-order valence-corrected chi connectivity index (χ2v) is 9.70. The zero-order valence-electron chi connectivity index (χ0n) is 17.8. The van der Waals surface area contributed by atoms with Crippen LogP contribution in [0.15, 0.2) is 0 Å². The van der Waals surface area contributed by atoms with E-state index in [2.05, 4.69) is 15.3 Å². The van der Waals surface area contributed by atoms with Crippen molar-refractivity contribution in [3.8, 4) is 0 Å². The van der Waals surface area contributed by atoms with E-state index in [1.54, 1.807) is 4.90 Å². The molecule has 0 aromatic carbocycles. The van der Waals surface area contributed by atoms with Crippen LogP contribution in [0.5, 0.6) is 0 Å². The molecule has 0 radical (unpaired) electrons. The van der Waals surface area contributed by atoms with Gasteiger partial charge in [0.15, 0.2) is 11.6 Å². The summed E-state index contributed by atoms with van der Waals surface area (Å²) in [4.78, 5) is 33.3. The van der Waals surface area contributed by atoms with Gasteiger partial charge in [0.25, 0.3) is 0 Å². The molecular formula is C21H29ClFN5O4. The van der Waals surface area contributed by atoms with Gasteiger partial charge in [0.2, 0.25) is 17.6 Å². The van der Waals surface area contributed by atoms with Gasteiger partial charge in [-0.25, -0.2) is 14.4 Å². The van der Waals surface area contributed by atoms with Crippen LogP contribution in [0, 0.1) is 23.1 Å². The highest BCUT2D eigenvalue weighted by Crippen LogP contribution is 2.53. The van der Waals surface area contributed by atoms with Crippen molar-refractivity contribution in [1.82, 2.24) is 20.3 Å². The zero-order valence-corrected chi connectivity index (χ0v) is 18.6. The Morgan fingerprint density at radius 2 is 2.09 bits per heavy atom. The molecule has 3 aliphatic rings. The number of hydroxylamine groups is 2. The van der Waals surface area contributed by atoms with Gasteiger partial charge >= 0.3 is 0 Å². The predicted octanol–water partition coefficient (Wildman–Crippen LogP) is 1.89. The molecule has 2 atom stereocenters. The summed E-state index contributed by atoms with van der Waals surface area (Å²) in [5.74, 6) is -1.29. The minimum Gasteiger partial charge on any atom is -0.391 e. The normalized spacial score (nSPS) is 22.9. The molecule has 32 heavy (non-hydrogen) atoms. The topological polar surface area (TPSA) is 119 Å². The molecular weight excluding hydrogens is 441 g/mol. The number of β-amino-alcohol motifs (C(OH)–C–C–N with tert-alkyl or cyclic N) is 1. The Morgan fingerprint density at radius 1 is 1.38 bits per heavy atom. The van der Waals surface area contributed by atoms with Gasteiger partial charge in [-0.15, -0.1) is 0 Å². The van der Waals surface area contributed by atoms with E-state index < -0.39 is 17.8 Å². The Hall–Kier alpha value is -2.04. The van der Waals surface area contributed by atoms with E-state index in [1.165, 1.54) is 0 Å². The Labute approximate surface area is 190 Å². The average molecular weight is 470 g/mol. The Balaban J connectivity index is 1.44. The second-order valence-electron chi connectivity index (χ2n) is 9.36. The number of aliphatic hydroxyl groups excluding tert-OH is 1. The molecule has 1 unspecified atom stereocenters. The molecule has 2 amide bonds. The summed E-state index contributed by atoms with van der Waals surface area (Å²) in [7, 11) is 0. The molecule has 1 aromatic heterocycles. The van der Waals surface area contributed by atoms with E-state index in [4.69, 9.17) is 11.6 Å². The van der Waals surface area contributed by atoms with Gasteiger partial charge in [-0.05, 0) is 36.8 Å². The molecule has 9 nitrogen and oxygen atoms in total. The SMILES string of the molecule is O=CN(O)C[C@@H](CC1CCCC1)C(=O)NCc1nc(Cl)nc(N2CC(O)C3(CC3)C2)c1F. The van der Waals surface area contributed by atoms with Crippen molar-refractivity contribution in [2.75, 3.05) is 24.5 Å². The number of aromatic nitrogens is 2. The molecule has 1 spiro atoms. The molecule has 11 heteroatoms. The summed E-state index contributed by atoms with van der Waals surface area (Å²) >= 11 is 6.03. The summed E-state index contributed by atoms with van der Waals surface area (Å²) in [5, 5.41) is 22.9. The molecule has 1 saturated heterocycles. The Morgan fingerprint density at radius 3 is 2.72 bits per heavy atom. The highest BCUT2D eigenvalue weighted by molar-refractivity contribution is 6.28. The highest BCUT2D eigenvalue weighted by atomic mass is 35.5. The first-order valence-electron chi connectivity index (χ1n) is 11.1. The lowest BCUT2D eigenvalue weighted by atomic mass is 9.92. The lowest BCUT2D eigenvalue weighted by molar-refractivity contribution is -0.155. The average Bonchev–Trinajstić information content (AvgIpc) is 3.23. The third kappa shape index (κ3) is 4.97. The molecule has 2 aliphatic carbocycles. The van der Waals surface area contributed by atoms with E-state index in [9.17, 15) is 19.9 Å². The van der Waals surface area contributed by atoms with Gasteiger partial charge < -0.3 is 15.3 Å². The standard InChI is InChI=1S/C21H29ClFN5O4/c22-20-25-15(17(23)18(26-20)27-10-16(30)21(11-27)5-6-21)8-24-19(31)14(9-28(32)12-29)7-13-3-1-2-4-13/h12-14,16,30,32H,1-11H2,(H,24,31)/t14-,16?/m1/s1. The largest absolute Gasteiger partial charge is 0.391 e. The van der Waals surface area contributed by atoms with Gasteiger partial charge in [0.05, 0.1) is 25.1 Å². The zero-order chi connectivity index (χ0) is 22.9. The van der Waals surface area contributed by atoms with E-state index in [0.29, 0.717) is 23.9 Å². The first-order chi connectivity index (χ1) is 15.3. The van der Waals surface area contributed by atoms with Crippen LogP contribution in [0.4, 0.5) is 10.2 Å². The Bertz CT molecular complexity index is 865. The smallest absolute Gasteiger partial charge is 0.233 e. The molecule has 3 fully saturated rings. The van der Waals surface area contributed by atoms with Crippen molar-refractivity contribution in [3.05, 3.63) is 16.8 Å². The van der Waals surface area contributed by atoms with E-state index in [1.807, 2.05) is 0 Å². The first kappa shape index (κ1) is 23.1. The Kier molecular flexibility index (Phi) is 6.83. The van der Waals surface area contributed by atoms with Crippen LogP contribution in [-0.2, 0) is 16.1 Å². The van der Waals surface area contributed by atoms with Crippen molar-refractivity contribution in [1.29, 1.82) is 0 Å². The number of carbonyl (C=O) groups excluding carboxylic acids is 2. The van der Waals surface area contributed by atoms with Gasteiger partial charge in [0.1, 0.15) is 5.69 Å². The van der Waals surface area contributed by atoms with Crippen molar-refractivity contribution in [2.45, 2.75) is 57.6 Å². The molecule has 0 bridgehead atoms. The van der Waals surface area contributed by atoms with Crippen molar-refractivity contribution in [3.63, 3.8) is 0 Å². The lowest BCUT2D eigenvalue weighted by Crippen LogP contribution is -2.38. The molecule has 176 valence electrons. The predicted molar refractivity (Wildman–Crippen MR) is 113 cm³/mol. The number of amides is 2. The number of nitrogens with zero attached hydrogens (tertiary/aromatic N) is 4. The molecule has 1 aliphatic heterocycles. The highest BCUT2D eigenvalue weighted by Gasteiger charge is 2.55. The van der Waals surface area contributed by atoms with E-state index in [-0.39, 0.29) is 54.2 Å². The van der Waals surface area contributed by atoms with Crippen LogP contribution >= 0.6 is 11.6 Å². The molecule has 3 N–H and O–H groups in total. The van der Waals surface area contributed by atoms with E-state index >= 15 is 4.39 Å². The molecule has 1 aromatic rings. The fourth-order valence-corrected chi connectivity index (χ4v) is 5.22. The van der Waals surface area contributed by atoms with Crippen molar-refractivity contribution in [2.24, 2.45) is 17.3 Å². The maximum Gasteiger partial charge on any atom is 0.233 e.